The molecule has 0 bridgehead atoms. The molecule has 5 nitrogen and oxygen atoms in total. The molecule has 1 heterocycles. The minimum Gasteiger partial charge on any atom is -0.385 e. The highest BCUT2D eigenvalue weighted by atomic mass is 32.2. The number of anilines is 1. The average molecular weight is 311 g/mol. The van der Waals surface area contributed by atoms with Crippen molar-refractivity contribution < 1.29 is 8.42 Å². The number of hydrogen-bond donors (Lipinski definition) is 2. The van der Waals surface area contributed by atoms with Crippen molar-refractivity contribution in [1.29, 1.82) is 0 Å². The molecule has 1 aliphatic rings. The number of thiazole rings is 1. The van der Waals surface area contributed by atoms with E-state index in [1.165, 1.54) is 25.7 Å². The third-order valence-electron chi connectivity index (χ3n) is 3.68. The van der Waals surface area contributed by atoms with Crippen LogP contribution in [0.3, 0.4) is 0 Å². The van der Waals surface area contributed by atoms with Gasteiger partial charge >= 0.3 is 0 Å². The maximum atomic E-state index is 11.3. The number of sulfonamides is 1. The van der Waals surface area contributed by atoms with Crippen LogP contribution in [0.1, 0.15) is 25.7 Å². The highest BCUT2D eigenvalue weighted by molar-refractivity contribution is 7.91. The lowest BCUT2D eigenvalue weighted by atomic mass is 10.1. The summed E-state index contributed by atoms with van der Waals surface area (Å²) in [5.41, 5.74) is 1.68. The summed E-state index contributed by atoms with van der Waals surface area (Å²) in [6, 6.07) is 5.71. The summed E-state index contributed by atoms with van der Waals surface area (Å²) in [6.45, 7) is 0.979. The Bertz CT molecular complexity index is 718. The summed E-state index contributed by atoms with van der Waals surface area (Å²) < 4.78 is 23.4. The maximum absolute atomic E-state index is 11.3. The van der Waals surface area contributed by atoms with Crippen LogP contribution in [0.4, 0.5) is 5.69 Å². The van der Waals surface area contributed by atoms with Crippen molar-refractivity contribution in [1.82, 2.24) is 4.98 Å². The molecule has 0 spiro atoms. The van der Waals surface area contributed by atoms with Gasteiger partial charge in [-0.2, -0.15) is 0 Å². The summed E-state index contributed by atoms with van der Waals surface area (Å²) >= 11 is 1.11. The van der Waals surface area contributed by atoms with Crippen molar-refractivity contribution >= 4 is 37.3 Å². The molecule has 108 valence electrons. The molecule has 0 saturated heterocycles. The largest absolute Gasteiger partial charge is 0.385 e. The molecule has 2 aromatic rings. The third-order valence-corrected chi connectivity index (χ3v) is 6.02. The number of fused-ring (bicyclic) bond motifs is 1. The highest BCUT2D eigenvalue weighted by Gasteiger charge is 2.16. The van der Waals surface area contributed by atoms with Crippen molar-refractivity contribution in [3.05, 3.63) is 18.2 Å². The first-order valence-electron chi connectivity index (χ1n) is 6.69. The molecule has 0 atom stereocenters. The number of benzene rings is 1. The van der Waals surface area contributed by atoms with Gasteiger partial charge < -0.3 is 5.32 Å². The Balaban J connectivity index is 1.79. The first-order chi connectivity index (χ1) is 9.52. The lowest BCUT2D eigenvalue weighted by molar-refractivity contribution is 0.580. The van der Waals surface area contributed by atoms with Gasteiger partial charge in [0.25, 0.3) is 10.0 Å². The van der Waals surface area contributed by atoms with Gasteiger partial charge in [0, 0.05) is 12.2 Å². The summed E-state index contributed by atoms with van der Waals surface area (Å²) in [7, 11) is -3.72. The molecule has 0 amide bonds. The Kier molecular flexibility index (Phi) is 3.66. The van der Waals surface area contributed by atoms with Gasteiger partial charge in [0.05, 0.1) is 10.2 Å². The lowest BCUT2D eigenvalue weighted by Gasteiger charge is -2.11. The molecule has 3 rings (SSSR count). The Morgan fingerprint density at radius 2 is 2.10 bits per heavy atom. The molecule has 0 aliphatic heterocycles. The van der Waals surface area contributed by atoms with E-state index in [2.05, 4.69) is 10.3 Å². The Hall–Kier alpha value is -1.18. The highest BCUT2D eigenvalue weighted by Crippen LogP contribution is 2.28. The molecule has 1 aliphatic carbocycles. The van der Waals surface area contributed by atoms with Crippen LogP contribution in [0, 0.1) is 5.92 Å². The van der Waals surface area contributed by atoms with Crippen molar-refractivity contribution in [3.63, 3.8) is 0 Å². The van der Waals surface area contributed by atoms with Crippen LogP contribution in [-0.2, 0) is 10.0 Å². The van der Waals surface area contributed by atoms with Gasteiger partial charge in [-0.1, -0.05) is 12.8 Å². The minimum absolute atomic E-state index is 0.0274. The molecule has 1 aromatic carbocycles. The second-order valence-corrected chi connectivity index (χ2v) is 8.00. The van der Waals surface area contributed by atoms with E-state index in [4.69, 9.17) is 5.14 Å². The average Bonchev–Trinajstić information content (AvgIpc) is 3.04. The van der Waals surface area contributed by atoms with E-state index in [0.29, 0.717) is 5.52 Å². The van der Waals surface area contributed by atoms with Crippen molar-refractivity contribution in [2.45, 2.75) is 30.0 Å². The van der Waals surface area contributed by atoms with Crippen LogP contribution in [0.15, 0.2) is 22.5 Å². The fraction of sp³-hybridized carbons (Fsp3) is 0.462. The second-order valence-electron chi connectivity index (χ2n) is 5.24. The van der Waals surface area contributed by atoms with Gasteiger partial charge in [0.1, 0.15) is 0 Å². The fourth-order valence-corrected chi connectivity index (χ4v) is 4.31. The SMILES string of the molecule is NS(=O)(=O)c1nc2ccc(NCC3CCCC3)cc2s1. The molecule has 1 aromatic heterocycles. The Morgan fingerprint density at radius 1 is 1.35 bits per heavy atom. The normalized spacial score (nSPS) is 16.9. The van der Waals surface area contributed by atoms with E-state index in [-0.39, 0.29) is 4.34 Å². The van der Waals surface area contributed by atoms with Crippen LogP contribution in [-0.4, -0.2) is 19.9 Å². The van der Waals surface area contributed by atoms with Crippen LogP contribution >= 0.6 is 11.3 Å². The number of nitrogens with zero attached hydrogens (tertiary/aromatic N) is 1. The number of aromatic nitrogens is 1. The quantitative estimate of drug-likeness (QED) is 0.908. The predicted molar refractivity (Wildman–Crippen MR) is 81.4 cm³/mol. The van der Waals surface area contributed by atoms with E-state index < -0.39 is 10.0 Å². The van der Waals surface area contributed by atoms with Gasteiger partial charge in [0.2, 0.25) is 4.34 Å². The lowest BCUT2D eigenvalue weighted by Crippen LogP contribution is -2.11. The standard InChI is InChI=1S/C13H17N3O2S2/c14-20(17,18)13-16-11-6-5-10(7-12(11)19-13)15-8-9-3-1-2-4-9/h5-7,9,15H,1-4,8H2,(H2,14,17,18). The smallest absolute Gasteiger partial charge is 0.265 e. The Morgan fingerprint density at radius 3 is 2.80 bits per heavy atom. The Labute approximate surface area is 122 Å². The summed E-state index contributed by atoms with van der Waals surface area (Å²) in [5, 5.41) is 8.53. The first kappa shape index (κ1) is 13.8. The van der Waals surface area contributed by atoms with E-state index in [1.54, 1.807) is 0 Å². The van der Waals surface area contributed by atoms with Gasteiger partial charge in [-0.15, -0.1) is 11.3 Å². The van der Waals surface area contributed by atoms with Gasteiger partial charge in [-0.25, -0.2) is 18.5 Å². The molecule has 1 fully saturated rings. The molecule has 1 saturated carbocycles. The van der Waals surface area contributed by atoms with Gasteiger partial charge in [0.15, 0.2) is 0 Å². The van der Waals surface area contributed by atoms with Crippen molar-refractivity contribution in [2.75, 3.05) is 11.9 Å². The molecule has 20 heavy (non-hydrogen) atoms. The van der Waals surface area contributed by atoms with Crippen LogP contribution in [0.25, 0.3) is 10.2 Å². The van der Waals surface area contributed by atoms with Crippen molar-refractivity contribution in [3.8, 4) is 0 Å². The third kappa shape index (κ3) is 2.94. The van der Waals surface area contributed by atoms with E-state index in [1.807, 2.05) is 18.2 Å². The first-order valence-corrected chi connectivity index (χ1v) is 9.06. The van der Waals surface area contributed by atoms with E-state index in [9.17, 15) is 8.42 Å². The van der Waals surface area contributed by atoms with Crippen LogP contribution in [0.5, 0.6) is 0 Å². The zero-order valence-corrected chi connectivity index (χ0v) is 12.6. The van der Waals surface area contributed by atoms with Crippen LogP contribution in [0.2, 0.25) is 0 Å². The number of primary sulfonamides is 1. The fourth-order valence-electron chi connectivity index (χ4n) is 2.61. The van der Waals surface area contributed by atoms with Gasteiger partial charge in [-0.05, 0) is 37.0 Å². The van der Waals surface area contributed by atoms with Crippen LogP contribution < -0.4 is 10.5 Å². The summed E-state index contributed by atoms with van der Waals surface area (Å²) in [5.74, 6) is 0.757. The zero-order valence-electron chi connectivity index (χ0n) is 11.0. The number of nitrogens with two attached hydrogens (primary N) is 1. The maximum Gasteiger partial charge on any atom is 0.265 e. The molecule has 0 radical (unpaired) electrons. The molecule has 3 N–H and O–H groups in total. The van der Waals surface area contributed by atoms with E-state index in [0.717, 1.165) is 34.2 Å². The second kappa shape index (κ2) is 5.31. The minimum atomic E-state index is -3.72. The number of nitrogens with one attached hydrogen (secondary N) is 1. The number of hydrogen-bond acceptors (Lipinski definition) is 5. The van der Waals surface area contributed by atoms with Crippen molar-refractivity contribution in [2.24, 2.45) is 11.1 Å². The van der Waals surface area contributed by atoms with Gasteiger partial charge in [-0.3, -0.25) is 0 Å². The summed E-state index contributed by atoms with van der Waals surface area (Å²) in [6.07, 6.45) is 5.26. The molecular formula is C13H17N3O2S2. The van der Waals surface area contributed by atoms with E-state index >= 15 is 0 Å². The zero-order chi connectivity index (χ0) is 14.2. The monoisotopic (exact) mass is 311 g/mol. The molecule has 0 unspecified atom stereocenters. The number of rotatable bonds is 4. The molecular weight excluding hydrogens is 294 g/mol. The topological polar surface area (TPSA) is 85.1 Å². The summed E-state index contributed by atoms with van der Waals surface area (Å²) in [4.78, 5) is 4.04. The predicted octanol–water partition coefficient (Wildman–Crippen LogP) is 2.55. The molecule has 7 heteroatoms.